The fourth-order valence-electron chi connectivity index (χ4n) is 4.06. The minimum absolute atomic E-state index is 0.170. The summed E-state index contributed by atoms with van der Waals surface area (Å²) in [5.41, 5.74) is 1.33. The van der Waals surface area contributed by atoms with Crippen molar-refractivity contribution >= 4 is 5.95 Å². The smallest absolute Gasteiger partial charge is 0.225 e. The number of anilines is 1. The largest absolute Gasteiger partial charge is 0.340 e. The van der Waals surface area contributed by atoms with E-state index in [1.807, 2.05) is 6.07 Å². The first-order valence-corrected chi connectivity index (χ1v) is 8.81. The zero-order valence-electron chi connectivity index (χ0n) is 14.2. The topological polar surface area (TPSA) is 32.3 Å². The molecule has 0 unspecified atom stereocenters. The third kappa shape index (κ3) is 3.63. The average Bonchev–Trinajstić information content (AvgIpc) is 3.02. The number of rotatable bonds is 3. The summed E-state index contributed by atoms with van der Waals surface area (Å²) in [7, 11) is 0. The van der Waals surface area contributed by atoms with Crippen molar-refractivity contribution in [3.8, 4) is 0 Å². The van der Waals surface area contributed by atoms with Crippen molar-refractivity contribution in [1.82, 2.24) is 14.9 Å². The van der Waals surface area contributed by atoms with Gasteiger partial charge in [-0.05, 0) is 55.5 Å². The molecule has 4 nitrogen and oxygen atoms in total. The standard InChI is InChI=1S/C19H22F2N4/c20-16-3-1-2-15(10-16)13-24-7-4-19(5-8-24)6-9-25(14-19)18-22-11-17(21)12-23-18/h1-3,10-12H,4-9,13-14H2. The van der Waals surface area contributed by atoms with Gasteiger partial charge < -0.3 is 4.90 Å². The summed E-state index contributed by atoms with van der Waals surface area (Å²) in [5, 5.41) is 0. The third-order valence-corrected chi connectivity index (χ3v) is 5.54. The van der Waals surface area contributed by atoms with Crippen LogP contribution in [0.4, 0.5) is 14.7 Å². The number of hydrogen-bond donors (Lipinski definition) is 0. The number of aromatic nitrogens is 2. The van der Waals surface area contributed by atoms with Crippen LogP contribution in [0.3, 0.4) is 0 Å². The van der Waals surface area contributed by atoms with Crippen LogP contribution in [-0.4, -0.2) is 41.0 Å². The molecule has 2 aromatic rings. The summed E-state index contributed by atoms with van der Waals surface area (Å²) in [5.74, 6) is 0.0560. The van der Waals surface area contributed by atoms with Gasteiger partial charge in [0.05, 0.1) is 12.4 Å². The maximum atomic E-state index is 13.3. The lowest BCUT2D eigenvalue weighted by Gasteiger charge is -2.39. The van der Waals surface area contributed by atoms with Gasteiger partial charge in [0.2, 0.25) is 5.95 Å². The van der Waals surface area contributed by atoms with Crippen LogP contribution >= 0.6 is 0 Å². The van der Waals surface area contributed by atoms with Crippen LogP contribution in [0.2, 0.25) is 0 Å². The summed E-state index contributed by atoms with van der Waals surface area (Å²) < 4.78 is 26.3. The molecule has 0 aliphatic carbocycles. The molecular weight excluding hydrogens is 322 g/mol. The lowest BCUT2D eigenvalue weighted by atomic mass is 9.77. The molecule has 132 valence electrons. The molecule has 2 aliphatic heterocycles. The first-order chi connectivity index (χ1) is 12.1. The van der Waals surface area contributed by atoms with Crippen LogP contribution in [0.25, 0.3) is 0 Å². The van der Waals surface area contributed by atoms with E-state index in [-0.39, 0.29) is 5.82 Å². The van der Waals surface area contributed by atoms with Gasteiger partial charge in [0, 0.05) is 19.6 Å². The Morgan fingerprint density at radius 3 is 2.40 bits per heavy atom. The van der Waals surface area contributed by atoms with Crippen LogP contribution < -0.4 is 4.90 Å². The Hall–Kier alpha value is -2.08. The van der Waals surface area contributed by atoms with Crippen molar-refractivity contribution in [3.05, 3.63) is 53.9 Å². The summed E-state index contributed by atoms with van der Waals surface area (Å²) in [4.78, 5) is 12.8. The van der Waals surface area contributed by atoms with Crippen molar-refractivity contribution in [2.24, 2.45) is 5.41 Å². The zero-order valence-corrected chi connectivity index (χ0v) is 14.2. The number of halogens is 2. The SMILES string of the molecule is Fc1cnc(N2CCC3(CCN(Cc4cccc(F)c4)CC3)C2)nc1. The van der Waals surface area contributed by atoms with E-state index in [1.165, 1.54) is 18.5 Å². The molecule has 1 spiro atoms. The molecule has 1 aromatic carbocycles. The summed E-state index contributed by atoms with van der Waals surface area (Å²) in [6.45, 7) is 4.71. The fraction of sp³-hybridized carbons (Fsp3) is 0.474. The molecular formula is C19H22F2N4. The normalized spacial score (nSPS) is 20.3. The lowest BCUT2D eigenvalue weighted by molar-refractivity contribution is 0.115. The average molecular weight is 344 g/mol. The first kappa shape index (κ1) is 16.4. The summed E-state index contributed by atoms with van der Waals surface area (Å²) in [6, 6.07) is 6.86. The van der Waals surface area contributed by atoms with Crippen molar-refractivity contribution < 1.29 is 8.78 Å². The summed E-state index contributed by atoms with van der Waals surface area (Å²) >= 11 is 0. The molecule has 25 heavy (non-hydrogen) atoms. The molecule has 0 radical (unpaired) electrons. The van der Waals surface area contributed by atoms with E-state index in [0.717, 1.165) is 57.5 Å². The van der Waals surface area contributed by atoms with E-state index in [2.05, 4.69) is 19.8 Å². The highest BCUT2D eigenvalue weighted by Crippen LogP contribution is 2.41. The van der Waals surface area contributed by atoms with Gasteiger partial charge in [-0.25, -0.2) is 18.7 Å². The molecule has 3 heterocycles. The van der Waals surface area contributed by atoms with E-state index in [4.69, 9.17) is 0 Å². The lowest BCUT2D eigenvalue weighted by Crippen LogP contribution is -2.41. The van der Waals surface area contributed by atoms with Crippen molar-refractivity contribution in [2.45, 2.75) is 25.8 Å². The molecule has 2 aliphatic rings. The second-order valence-corrected chi connectivity index (χ2v) is 7.28. The Bertz CT molecular complexity index is 726. The van der Waals surface area contributed by atoms with Gasteiger partial charge in [0.25, 0.3) is 0 Å². The monoisotopic (exact) mass is 344 g/mol. The minimum atomic E-state index is -0.400. The maximum absolute atomic E-state index is 13.3. The maximum Gasteiger partial charge on any atom is 0.225 e. The molecule has 0 saturated carbocycles. The highest BCUT2D eigenvalue weighted by atomic mass is 19.1. The molecule has 2 saturated heterocycles. The number of hydrogen-bond acceptors (Lipinski definition) is 4. The van der Waals surface area contributed by atoms with Crippen molar-refractivity contribution in [1.29, 1.82) is 0 Å². The first-order valence-electron chi connectivity index (χ1n) is 8.81. The fourth-order valence-corrected chi connectivity index (χ4v) is 4.06. The zero-order chi connectivity index (χ0) is 17.3. The molecule has 0 atom stereocenters. The predicted octanol–water partition coefficient (Wildman–Crippen LogP) is 3.25. The van der Waals surface area contributed by atoms with Gasteiger partial charge in [-0.1, -0.05) is 12.1 Å². The van der Waals surface area contributed by atoms with Crippen LogP contribution in [-0.2, 0) is 6.54 Å². The Morgan fingerprint density at radius 1 is 0.960 bits per heavy atom. The van der Waals surface area contributed by atoms with Gasteiger partial charge >= 0.3 is 0 Å². The number of piperidine rings is 1. The second-order valence-electron chi connectivity index (χ2n) is 7.28. The van der Waals surface area contributed by atoms with Gasteiger partial charge in [-0.15, -0.1) is 0 Å². The predicted molar refractivity (Wildman–Crippen MR) is 92.2 cm³/mol. The minimum Gasteiger partial charge on any atom is -0.340 e. The van der Waals surface area contributed by atoms with E-state index in [1.54, 1.807) is 12.1 Å². The number of nitrogens with zero attached hydrogens (tertiary/aromatic N) is 4. The van der Waals surface area contributed by atoms with Crippen molar-refractivity contribution in [2.75, 3.05) is 31.1 Å². The van der Waals surface area contributed by atoms with Crippen LogP contribution in [0.1, 0.15) is 24.8 Å². The van der Waals surface area contributed by atoms with E-state index in [0.29, 0.717) is 11.4 Å². The highest BCUT2D eigenvalue weighted by Gasteiger charge is 2.41. The van der Waals surface area contributed by atoms with Crippen LogP contribution in [0, 0.1) is 17.0 Å². The van der Waals surface area contributed by atoms with Gasteiger partial charge in [-0.2, -0.15) is 0 Å². The number of benzene rings is 1. The molecule has 0 N–H and O–H groups in total. The quantitative estimate of drug-likeness (QED) is 0.856. The third-order valence-electron chi connectivity index (χ3n) is 5.54. The summed E-state index contributed by atoms with van der Waals surface area (Å²) in [6.07, 6.45) is 5.84. The Labute approximate surface area is 146 Å². The Morgan fingerprint density at radius 2 is 1.68 bits per heavy atom. The molecule has 1 aromatic heterocycles. The molecule has 6 heteroatoms. The van der Waals surface area contributed by atoms with Crippen molar-refractivity contribution in [3.63, 3.8) is 0 Å². The van der Waals surface area contributed by atoms with Gasteiger partial charge in [0.15, 0.2) is 5.82 Å². The van der Waals surface area contributed by atoms with E-state index < -0.39 is 5.82 Å². The van der Waals surface area contributed by atoms with Crippen LogP contribution in [0.15, 0.2) is 36.7 Å². The molecule has 2 fully saturated rings. The Kier molecular flexibility index (Phi) is 4.37. The molecule has 0 bridgehead atoms. The number of likely N-dealkylation sites (tertiary alicyclic amines) is 1. The van der Waals surface area contributed by atoms with Gasteiger partial charge in [-0.3, -0.25) is 4.90 Å². The molecule has 4 rings (SSSR count). The van der Waals surface area contributed by atoms with E-state index in [9.17, 15) is 8.78 Å². The van der Waals surface area contributed by atoms with E-state index >= 15 is 0 Å². The van der Waals surface area contributed by atoms with Crippen LogP contribution in [0.5, 0.6) is 0 Å². The van der Waals surface area contributed by atoms with Gasteiger partial charge in [0.1, 0.15) is 5.82 Å². The Balaban J connectivity index is 1.34. The highest BCUT2D eigenvalue weighted by molar-refractivity contribution is 5.32. The molecule has 0 amide bonds. The second kappa shape index (κ2) is 6.67.